The quantitative estimate of drug-likeness (QED) is 0.690. The molecule has 120 valence electrons. The largest absolute Gasteiger partial charge is 0.431 e. The first-order valence-electron chi connectivity index (χ1n) is 7.99. The van der Waals surface area contributed by atoms with E-state index in [0.29, 0.717) is 17.2 Å². The van der Waals surface area contributed by atoms with Crippen LogP contribution in [0.2, 0.25) is 0 Å². The highest BCUT2D eigenvalue weighted by atomic mass is 32.2. The number of nitrogens with zero attached hydrogens (tertiary/aromatic N) is 2. The highest BCUT2D eigenvalue weighted by Gasteiger charge is 2.34. The van der Waals surface area contributed by atoms with Crippen LogP contribution in [0.4, 0.5) is 0 Å². The van der Waals surface area contributed by atoms with Gasteiger partial charge in [0.25, 0.3) is 5.22 Å². The van der Waals surface area contributed by atoms with Crippen LogP contribution in [0.25, 0.3) is 11.1 Å². The zero-order valence-corrected chi connectivity index (χ0v) is 13.6. The molecule has 4 heterocycles. The molecule has 1 amide bonds. The molecule has 6 heteroatoms. The van der Waals surface area contributed by atoms with Crippen LogP contribution >= 0.6 is 11.8 Å². The maximum atomic E-state index is 12.1. The molecule has 0 spiro atoms. The van der Waals surface area contributed by atoms with Crippen LogP contribution in [0, 0.1) is 5.92 Å². The molecule has 0 saturated carbocycles. The van der Waals surface area contributed by atoms with Crippen LogP contribution in [0.15, 0.2) is 45.4 Å². The van der Waals surface area contributed by atoms with Gasteiger partial charge in [0.1, 0.15) is 5.52 Å². The van der Waals surface area contributed by atoms with Crippen molar-refractivity contribution in [3.05, 3.63) is 35.7 Å². The van der Waals surface area contributed by atoms with E-state index in [1.165, 1.54) is 37.7 Å². The summed E-state index contributed by atoms with van der Waals surface area (Å²) >= 11 is 1.32. The molecule has 3 aliphatic heterocycles. The number of hydrogen-bond acceptors (Lipinski definition) is 5. The average Bonchev–Trinajstić information content (AvgIpc) is 2.98. The van der Waals surface area contributed by atoms with Crippen LogP contribution in [0.1, 0.15) is 12.8 Å². The van der Waals surface area contributed by atoms with E-state index in [0.717, 1.165) is 17.6 Å². The lowest BCUT2D eigenvalue weighted by Gasteiger charge is -2.44. The molecule has 1 aromatic heterocycles. The number of oxazole rings is 1. The molecule has 5 nitrogen and oxygen atoms in total. The number of thioether (sulfide) groups is 1. The number of rotatable bonds is 4. The Morgan fingerprint density at radius 2 is 2.17 bits per heavy atom. The van der Waals surface area contributed by atoms with Crippen molar-refractivity contribution in [1.29, 1.82) is 0 Å². The van der Waals surface area contributed by atoms with Gasteiger partial charge in [-0.05, 0) is 61.2 Å². The first-order valence-corrected chi connectivity index (χ1v) is 8.87. The normalized spacial score (nSPS) is 26.9. The van der Waals surface area contributed by atoms with Gasteiger partial charge in [-0.3, -0.25) is 4.79 Å². The fourth-order valence-corrected chi connectivity index (χ4v) is 4.01. The lowest BCUT2D eigenvalue weighted by molar-refractivity contribution is -0.118. The molecule has 23 heavy (non-hydrogen) atoms. The number of amides is 1. The van der Waals surface area contributed by atoms with Gasteiger partial charge in [-0.2, -0.15) is 0 Å². The number of para-hydroxylation sites is 2. The van der Waals surface area contributed by atoms with E-state index in [4.69, 9.17) is 4.42 Å². The van der Waals surface area contributed by atoms with Gasteiger partial charge in [-0.25, -0.2) is 4.98 Å². The molecule has 0 aliphatic carbocycles. The number of hydrogen-bond donors (Lipinski definition) is 1. The van der Waals surface area contributed by atoms with Gasteiger partial charge >= 0.3 is 0 Å². The van der Waals surface area contributed by atoms with Crippen molar-refractivity contribution in [2.24, 2.45) is 5.92 Å². The molecule has 3 fully saturated rings. The van der Waals surface area contributed by atoms with E-state index in [-0.39, 0.29) is 5.91 Å². The van der Waals surface area contributed by atoms with Gasteiger partial charge < -0.3 is 14.6 Å². The van der Waals surface area contributed by atoms with Crippen molar-refractivity contribution >= 4 is 28.8 Å². The Balaban J connectivity index is 1.32. The molecule has 3 aliphatic rings. The minimum absolute atomic E-state index is 0.0349. The average molecular weight is 329 g/mol. The third-order valence-corrected chi connectivity index (χ3v) is 5.29. The molecule has 0 unspecified atom stereocenters. The molecule has 1 atom stereocenters. The second-order valence-electron chi connectivity index (χ2n) is 6.12. The van der Waals surface area contributed by atoms with Gasteiger partial charge in [0.15, 0.2) is 5.58 Å². The standard InChI is InChI=1S/C17H19N3O2S/c21-16(18-14-11-20-8-5-12(14)6-9-20)7-10-23-17-19-13-3-1-2-4-15(13)22-17/h1-4,7,10,12,14H,5-6,8-9,11H2,(H,18,21)/b10-7+/t14-/m0/s1. The minimum atomic E-state index is -0.0349. The highest BCUT2D eigenvalue weighted by molar-refractivity contribution is 8.01. The maximum absolute atomic E-state index is 12.1. The van der Waals surface area contributed by atoms with E-state index in [1.54, 1.807) is 11.5 Å². The lowest BCUT2D eigenvalue weighted by Crippen LogP contribution is -2.57. The fraction of sp³-hybridized carbons (Fsp3) is 0.412. The highest BCUT2D eigenvalue weighted by Crippen LogP contribution is 2.27. The Bertz CT molecular complexity index is 701. The van der Waals surface area contributed by atoms with Crippen molar-refractivity contribution in [2.45, 2.75) is 24.1 Å². The van der Waals surface area contributed by atoms with Gasteiger partial charge in [0.05, 0.1) is 0 Å². The molecule has 0 radical (unpaired) electrons. The van der Waals surface area contributed by atoms with Crippen LogP contribution < -0.4 is 5.32 Å². The number of nitrogens with one attached hydrogen (secondary N) is 1. The molecule has 2 bridgehead atoms. The SMILES string of the molecule is O=C(/C=C/Sc1nc2ccccc2o1)N[C@H]1CN2CCC1CC2. The minimum Gasteiger partial charge on any atom is -0.431 e. The molecule has 1 N–H and O–H groups in total. The number of benzene rings is 1. The van der Waals surface area contributed by atoms with Gasteiger partial charge in [0, 0.05) is 18.7 Å². The summed E-state index contributed by atoms with van der Waals surface area (Å²) in [6.07, 6.45) is 3.97. The summed E-state index contributed by atoms with van der Waals surface area (Å²) in [6.45, 7) is 3.35. The smallest absolute Gasteiger partial charge is 0.261 e. The first-order chi connectivity index (χ1) is 11.3. The number of aromatic nitrogens is 1. The second-order valence-corrected chi connectivity index (χ2v) is 6.98. The zero-order chi connectivity index (χ0) is 15.6. The Labute approximate surface area is 139 Å². The molecule has 5 rings (SSSR count). The van der Waals surface area contributed by atoms with Crippen LogP contribution in [-0.2, 0) is 4.79 Å². The van der Waals surface area contributed by atoms with E-state index in [2.05, 4.69) is 15.2 Å². The number of fused-ring (bicyclic) bond motifs is 4. The van der Waals surface area contributed by atoms with E-state index in [1.807, 2.05) is 24.3 Å². The topological polar surface area (TPSA) is 58.4 Å². The van der Waals surface area contributed by atoms with Crippen molar-refractivity contribution in [1.82, 2.24) is 15.2 Å². The Morgan fingerprint density at radius 3 is 2.91 bits per heavy atom. The van der Waals surface area contributed by atoms with Gasteiger partial charge in [-0.15, -0.1) is 0 Å². The summed E-state index contributed by atoms with van der Waals surface area (Å²) in [5.74, 6) is 0.606. The zero-order valence-electron chi connectivity index (χ0n) is 12.8. The van der Waals surface area contributed by atoms with Crippen LogP contribution in [0.5, 0.6) is 0 Å². The van der Waals surface area contributed by atoms with Crippen molar-refractivity contribution in [3.8, 4) is 0 Å². The van der Waals surface area contributed by atoms with E-state index in [9.17, 15) is 4.79 Å². The third kappa shape index (κ3) is 3.28. The molecule has 1 aromatic carbocycles. The Kier molecular flexibility index (Phi) is 4.10. The number of carbonyl (C=O) groups is 1. The number of piperidine rings is 3. The van der Waals surface area contributed by atoms with Crippen LogP contribution in [-0.4, -0.2) is 41.5 Å². The summed E-state index contributed by atoms with van der Waals surface area (Å²) in [6, 6.07) is 7.93. The molecule has 3 saturated heterocycles. The monoisotopic (exact) mass is 329 g/mol. The summed E-state index contributed by atoms with van der Waals surface area (Å²) in [5.41, 5.74) is 1.60. The summed E-state index contributed by atoms with van der Waals surface area (Å²) in [4.78, 5) is 18.9. The van der Waals surface area contributed by atoms with Crippen molar-refractivity contribution in [3.63, 3.8) is 0 Å². The molecule has 2 aromatic rings. The van der Waals surface area contributed by atoms with E-state index < -0.39 is 0 Å². The van der Waals surface area contributed by atoms with Crippen molar-refractivity contribution in [2.75, 3.05) is 19.6 Å². The van der Waals surface area contributed by atoms with E-state index >= 15 is 0 Å². The van der Waals surface area contributed by atoms with Crippen LogP contribution in [0.3, 0.4) is 0 Å². The number of carbonyl (C=O) groups excluding carboxylic acids is 1. The lowest BCUT2D eigenvalue weighted by atomic mass is 9.84. The summed E-state index contributed by atoms with van der Waals surface area (Å²) in [5, 5.41) is 5.42. The Morgan fingerprint density at radius 1 is 1.35 bits per heavy atom. The fourth-order valence-electron chi connectivity index (χ4n) is 3.41. The molecular weight excluding hydrogens is 310 g/mol. The predicted octanol–water partition coefficient (Wildman–Crippen LogP) is 2.64. The third-order valence-electron chi connectivity index (χ3n) is 4.65. The summed E-state index contributed by atoms with van der Waals surface area (Å²) < 4.78 is 5.60. The predicted molar refractivity (Wildman–Crippen MR) is 90.1 cm³/mol. The molecular formula is C17H19N3O2S. The van der Waals surface area contributed by atoms with Gasteiger partial charge in [-0.1, -0.05) is 12.1 Å². The van der Waals surface area contributed by atoms with Crippen molar-refractivity contribution < 1.29 is 9.21 Å². The maximum Gasteiger partial charge on any atom is 0.261 e. The Hall–Kier alpha value is -1.79. The summed E-state index contributed by atoms with van der Waals surface area (Å²) in [7, 11) is 0. The first kappa shape index (κ1) is 14.8. The second kappa shape index (κ2) is 6.37. The van der Waals surface area contributed by atoms with Gasteiger partial charge in [0.2, 0.25) is 5.91 Å².